The molecular formula is C14H19. The average molecular weight is 187 g/mol. The molecule has 0 heterocycles. The van der Waals surface area contributed by atoms with E-state index in [1.807, 2.05) is 12.1 Å². The Labute approximate surface area is 87.7 Å². The van der Waals surface area contributed by atoms with Crippen molar-refractivity contribution in [1.82, 2.24) is 0 Å². The van der Waals surface area contributed by atoms with Crippen LogP contribution in [0.2, 0.25) is 0 Å². The fourth-order valence-electron chi connectivity index (χ4n) is 1.41. The summed E-state index contributed by atoms with van der Waals surface area (Å²) >= 11 is 0. The molecule has 0 atom stereocenters. The Bertz CT molecular complexity index is 246. The van der Waals surface area contributed by atoms with Gasteiger partial charge in [-0.15, -0.1) is 0 Å². The van der Waals surface area contributed by atoms with Gasteiger partial charge in [-0.1, -0.05) is 56.2 Å². The van der Waals surface area contributed by atoms with Crippen molar-refractivity contribution in [3.05, 3.63) is 48.0 Å². The first-order chi connectivity index (χ1) is 6.93. The molecule has 1 radical (unpaired) electrons. The maximum atomic E-state index is 3.03. The molecule has 0 saturated heterocycles. The van der Waals surface area contributed by atoms with Gasteiger partial charge >= 0.3 is 0 Å². The van der Waals surface area contributed by atoms with Gasteiger partial charge in [-0.05, 0) is 30.9 Å². The molecule has 1 aromatic rings. The van der Waals surface area contributed by atoms with Crippen LogP contribution in [0.4, 0.5) is 0 Å². The van der Waals surface area contributed by atoms with E-state index in [0.717, 1.165) is 6.42 Å². The topological polar surface area (TPSA) is 0 Å². The zero-order valence-corrected chi connectivity index (χ0v) is 9.00. The van der Waals surface area contributed by atoms with Crippen molar-refractivity contribution in [3.63, 3.8) is 0 Å². The first kappa shape index (κ1) is 11.0. The number of rotatable bonds is 6. The van der Waals surface area contributed by atoms with Crippen LogP contribution in [0.1, 0.15) is 38.2 Å². The van der Waals surface area contributed by atoms with Gasteiger partial charge in [0.15, 0.2) is 0 Å². The van der Waals surface area contributed by atoms with Crippen LogP contribution in [0, 0.1) is 6.07 Å². The highest BCUT2D eigenvalue weighted by atomic mass is 13.9. The molecule has 0 aliphatic rings. The molecule has 0 spiro atoms. The summed E-state index contributed by atoms with van der Waals surface area (Å²) in [6.45, 7) is 2.24. The predicted molar refractivity (Wildman–Crippen MR) is 62.3 cm³/mol. The number of hydrogen-bond acceptors (Lipinski definition) is 0. The van der Waals surface area contributed by atoms with E-state index in [-0.39, 0.29) is 0 Å². The molecule has 1 aromatic carbocycles. The van der Waals surface area contributed by atoms with Crippen LogP contribution in [0.25, 0.3) is 0 Å². The van der Waals surface area contributed by atoms with Crippen LogP contribution in [-0.4, -0.2) is 0 Å². The molecule has 75 valence electrons. The molecule has 0 aliphatic carbocycles. The first-order valence-electron chi connectivity index (χ1n) is 5.53. The molecule has 0 aromatic heterocycles. The molecule has 14 heavy (non-hydrogen) atoms. The molecule has 0 heteroatoms. The fourth-order valence-corrected chi connectivity index (χ4v) is 1.41. The van der Waals surface area contributed by atoms with E-state index in [1.165, 1.54) is 31.2 Å². The van der Waals surface area contributed by atoms with Gasteiger partial charge in [0.05, 0.1) is 0 Å². The summed E-state index contributed by atoms with van der Waals surface area (Å²) in [7, 11) is 0. The lowest BCUT2D eigenvalue weighted by atomic mass is 10.1. The Hall–Kier alpha value is -1.04. The van der Waals surface area contributed by atoms with Gasteiger partial charge in [-0.3, -0.25) is 0 Å². The van der Waals surface area contributed by atoms with Crippen molar-refractivity contribution in [2.75, 3.05) is 0 Å². The van der Waals surface area contributed by atoms with Crippen molar-refractivity contribution < 1.29 is 0 Å². The van der Waals surface area contributed by atoms with Crippen molar-refractivity contribution in [2.24, 2.45) is 0 Å². The van der Waals surface area contributed by atoms with Crippen LogP contribution in [-0.2, 0) is 6.42 Å². The van der Waals surface area contributed by atoms with Crippen LogP contribution >= 0.6 is 0 Å². The van der Waals surface area contributed by atoms with Gasteiger partial charge < -0.3 is 0 Å². The van der Waals surface area contributed by atoms with Crippen molar-refractivity contribution in [2.45, 2.75) is 39.0 Å². The van der Waals surface area contributed by atoms with E-state index in [0.29, 0.717) is 0 Å². The molecule has 1 rings (SSSR count). The normalized spacial score (nSPS) is 10.9. The van der Waals surface area contributed by atoms with E-state index >= 15 is 0 Å². The SMILES string of the molecule is CCCCC/C=C/Cc1cc[c]cc1. The Kier molecular flexibility index (Phi) is 5.81. The summed E-state index contributed by atoms with van der Waals surface area (Å²) in [4.78, 5) is 0. The van der Waals surface area contributed by atoms with E-state index in [4.69, 9.17) is 0 Å². The molecule has 0 aliphatic heterocycles. The smallest absolute Gasteiger partial charge is 0.00974 e. The van der Waals surface area contributed by atoms with Gasteiger partial charge in [0.1, 0.15) is 0 Å². The van der Waals surface area contributed by atoms with Gasteiger partial charge in [-0.2, -0.15) is 0 Å². The number of allylic oxidation sites excluding steroid dienone is 2. The molecule has 0 N–H and O–H groups in total. The number of benzene rings is 1. The highest BCUT2D eigenvalue weighted by Gasteiger charge is 1.86. The average Bonchev–Trinajstić information content (AvgIpc) is 2.25. The first-order valence-corrected chi connectivity index (χ1v) is 5.53. The van der Waals surface area contributed by atoms with Gasteiger partial charge in [-0.25, -0.2) is 0 Å². The van der Waals surface area contributed by atoms with E-state index < -0.39 is 0 Å². The third-order valence-corrected chi connectivity index (χ3v) is 2.28. The second-order valence-corrected chi connectivity index (χ2v) is 3.58. The minimum Gasteiger partial charge on any atom is -0.0882 e. The van der Waals surface area contributed by atoms with E-state index in [1.54, 1.807) is 0 Å². The second kappa shape index (κ2) is 7.37. The van der Waals surface area contributed by atoms with Gasteiger partial charge in [0.2, 0.25) is 0 Å². The molecule has 0 bridgehead atoms. The number of unbranched alkanes of at least 4 members (excludes halogenated alkanes) is 3. The highest BCUT2D eigenvalue weighted by Crippen LogP contribution is 2.03. The molecule has 0 nitrogen and oxygen atoms in total. The molecule has 0 amide bonds. The van der Waals surface area contributed by atoms with Crippen molar-refractivity contribution in [3.8, 4) is 0 Å². The Balaban J connectivity index is 2.14. The Morgan fingerprint density at radius 3 is 2.64 bits per heavy atom. The lowest BCUT2D eigenvalue weighted by Gasteiger charge is -1.94. The van der Waals surface area contributed by atoms with E-state index in [2.05, 4.69) is 37.3 Å². The summed E-state index contributed by atoms with van der Waals surface area (Å²) in [6, 6.07) is 11.2. The zero-order chi connectivity index (χ0) is 10.1. The Morgan fingerprint density at radius 2 is 1.93 bits per heavy atom. The Morgan fingerprint density at radius 1 is 1.14 bits per heavy atom. The molecule has 0 fully saturated rings. The second-order valence-electron chi connectivity index (χ2n) is 3.58. The summed E-state index contributed by atoms with van der Waals surface area (Å²) in [5.41, 5.74) is 1.37. The minimum absolute atomic E-state index is 1.06. The van der Waals surface area contributed by atoms with Gasteiger partial charge in [0, 0.05) is 0 Å². The summed E-state index contributed by atoms with van der Waals surface area (Å²) < 4.78 is 0. The maximum Gasteiger partial charge on any atom is -0.00974 e. The maximum absolute atomic E-state index is 3.03. The monoisotopic (exact) mass is 187 g/mol. The zero-order valence-electron chi connectivity index (χ0n) is 9.00. The lowest BCUT2D eigenvalue weighted by Crippen LogP contribution is -1.78. The van der Waals surface area contributed by atoms with Crippen molar-refractivity contribution >= 4 is 0 Å². The molecule has 0 unspecified atom stereocenters. The van der Waals surface area contributed by atoms with Gasteiger partial charge in [0.25, 0.3) is 0 Å². The molecule has 0 saturated carbocycles. The summed E-state index contributed by atoms with van der Waals surface area (Å²) in [6.07, 6.45) is 10.8. The quantitative estimate of drug-likeness (QED) is 0.463. The predicted octanol–water partition coefficient (Wildman–Crippen LogP) is 4.17. The fraction of sp³-hybridized carbons (Fsp3) is 0.429. The van der Waals surface area contributed by atoms with Crippen LogP contribution < -0.4 is 0 Å². The standard InChI is InChI=1S/C14H19/c1-2-3-4-5-6-8-11-14-12-9-7-10-13-14/h6,8-10,12-13H,2-5,11H2,1H3/b8-6+. The third-order valence-electron chi connectivity index (χ3n) is 2.28. The van der Waals surface area contributed by atoms with Crippen LogP contribution in [0.15, 0.2) is 36.4 Å². The van der Waals surface area contributed by atoms with Crippen LogP contribution in [0.5, 0.6) is 0 Å². The summed E-state index contributed by atoms with van der Waals surface area (Å²) in [5.74, 6) is 0. The lowest BCUT2D eigenvalue weighted by molar-refractivity contribution is 0.728. The van der Waals surface area contributed by atoms with E-state index in [9.17, 15) is 0 Å². The minimum atomic E-state index is 1.06. The van der Waals surface area contributed by atoms with Crippen molar-refractivity contribution in [1.29, 1.82) is 0 Å². The third kappa shape index (κ3) is 4.86. The molecular weight excluding hydrogens is 168 g/mol. The van der Waals surface area contributed by atoms with Crippen LogP contribution in [0.3, 0.4) is 0 Å². The number of hydrogen-bond donors (Lipinski definition) is 0. The highest BCUT2D eigenvalue weighted by molar-refractivity contribution is 5.16. The largest absolute Gasteiger partial charge is 0.0882 e. The summed E-state index contributed by atoms with van der Waals surface area (Å²) in [5, 5.41) is 0.